The molecule has 2 aromatic rings. The largest absolute Gasteiger partial charge is 0.465 e. The SMILES string of the molecule is Cc1cc(=O)oc2cc(O[C@@H]3C[C@@H](O)[C@H](O)C(CO)O3)cc(F)c12. The van der Waals surface area contributed by atoms with Crippen LogP contribution in [-0.2, 0) is 4.74 Å². The van der Waals surface area contributed by atoms with Crippen LogP contribution in [0.2, 0.25) is 0 Å². The highest BCUT2D eigenvalue weighted by Crippen LogP contribution is 2.29. The summed E-state index contributed by atoms with van der Waals surface area (Å²) < 4.78 is 30.0. The molecule has 0 amide bonds. The quantitative estimate of drug-likeness (QED) is 0.696. The zero-order chi connectivity index (χ0) is 17.4. The van der Waals surface area contributed by atoms with Gasteiger partial charge in [-0.2, -0.15) is 0 Å². The van der Waals surface area contributed by atoms with Crippen molar-refractivity contribution in [2.24, 2.45) is 0 Å². The Morgan fingerprint density at radius 2 is 2.08 bits per heavy atom. The van der Waals surface area contributed by atoms with E-state index in [1.807, 2.05) is 0 Å². The smallest absolute Gasteiger partial charge is 0.336 e. The first kappa shape index (κ1) is 16.8. The normalized spacial score (nSPS) is 27.4. The van der Waals surface area contributed by atoms with Gasteiger partial charge in [0.25, 0.3) is 0 Å². The van der Waals surface area contributed by atoms with Gasteiger partial charge in [-0.05, 0) is 12.5 Å². The molecule has 3 N–H and O–H groups in total. The van der Waals surface area contributed by atoms with Crippen molar-refractivity contribution in [1.29, 1.82) is 0 Å². The number of aryl methyl sites for hydroxylation is 1. The van der Waals surface area contributed by atoms with Crippen LogP contribution < -0.4 is 10.4 Å². The molecule has 0 radical (unpaired) electrons. The van der Waals surface area contributed by atoms with Crippen LogP contribution in [0.3, 0.4) is 0 Å². The van der Waals surface area contributed by atoms with E-state index in [0.717, 1.165) is 6.07 Å². The van der Waals surface area contributed by atoms with Gasteiger partial charge in [-0.15, -0.1) is 0 Å². The van der Waals surface area contributed by atoms with Crippen molar-refractivity contribution in [1.82, 2.24) is 0 Å². The second-order valence-corrected chi connectivity index (χ2v) is 5.72. The number of aliphatic hydroxyl groups excluding tert-OH is 3. The average molecular weight is 340 g/mol. The molecule has 1 unspecified atom stereocenters. The highest BCUT2D eigenvalue weighted by molar-refractivity contribution is 5.82. The van der Waals surface area contributed by atoms with Gasteiger partial charge in [0.2, 0.25) is 6.29 Å². The Kier molecular flexibility index (Phi) is 4.55. The van der Waals surface area contributed by atoms with Gasteiger partial charge in [0.15, 0.2) is 0 Å². The third-order valence-electron chi connectivity index (χ3n) is 3.95. The number of fused-ring (bicyclic) bond motifs is 1. The summed E-state index contributed by atoms with van der Waals surface area (Å²) in [7, 11) is 0. The van der Waals surface area contributed by atoms with Crippen LogP contribution in [0.25, 0.3) is 11.0 Å². The third-order valence-corrected chi connectivity index (χ3v) is 3.95. The lowest BCUT2D eigenvalue weighted by atomic mass is 10.0. The minimum atomic E-state index is -1.23. The minimum Gasteiger partial charge on any atom is -0.465 e. The van der Waals surface area contributed by atoms with Gasteiger partial charge < -0.3 is 29.2 Å². The molecule has 130 valence electrons. The highest BCUT2D eigenvalue weighted by Gasteiger charge is 2.37. The van der Waals surface area contributed by atoms with E-state index >= 15 is 0 Å². The topological polar surface area (TPSA) is 109 Å². The standard InChI is InChI=1S/C16H17FO7/c1-7-2-13(20)23-11-4-8(3-9(17)15(7)11)22-14-5-10(19)16(21)12(6-18)24-14/h2-4,10,12,14,16,18-19,21H,5-6H2,1H3/t10-,12?,14+,16+/m1/s1. The van der Waals surface area contributed by atoms with Crippen LogP contribution in [-0.4, -0.2) is 46.5 Å². The van der Waals surface area contributed by atoms with E-state index < -0.39 is 42.7 Å². The molecule has 8 heteroatoms. The predicted octanol–water partition coefficient (Wildman–Crippen LogP) is 0.448. The van der Waals surface area contributed by atoms with Crippen molar-refractivity contribution < 1.29 is 33.6 Å². The van der Waals surface area contributed by atoms with Crippen LogP contribution >= 0.6 is 0 Å². The van der Waals surface area contributed by atoms with Crippen molar-refractivity contribution >= 4 is 11.0 Å². The van der Waals surface area contributed by atoms with Crippen LogP contribution in [0.15, 0.2) is 27.4 Å². The number of rotatable bonds is 3. The third kappa shape index (κ3) is 3.13. The Hall–Kier alpha value is -2.00. The highest BCUT2D eigenvalue weighted by atomic mass is 19.1. The summed E-state index contributed by atoms with van der Waals surface area (Å²) in [6.45, 7) is 1.09. The zero-order valence-electron chi connectivity index (χ0n) is 12.8. The summed E-state index contributed by atoms with van der Waals surface area (Å²) in [5.41, 5.74) is -0.132. The molecular weight excluding hydrogens is 323 g/mol. The van der Waals surface area contributed by atoms with Crippen LogP contribution in [0.5, 0.6) is 5.75 Å². The van der Waals surface area contributed by atoms with Gasteiger partial charge >= 0.3 is 5.63 Å². The molecule has 4 atom stereocenters. The maximum Gasteiger partial charge on any atom is 0.336 e. The number of aliphatic hydroxyl groups is 3. The van der Waals surface area contributed by atoms with Crippen molar-refractivity contribution in [3.05, 3.63) is 40.0 Å². The number of ether oxygens (including phenoxy) is 2. The fourth-order valence-electron chi connectivity index (χ4n) is 2.77. The molecule has 0 aliphatic carbocycles. The molecule has 0 saturated carbocycles. The van der Waals surface area contributed by atoms with E-state index in [1.165, 1.54) is 12.1 Å². The molecule has 1 aliphatic heterocycles. The summed E-state index contributed by atoms with van der Waals surface area (Å²) in [4.78, 5) is 11.4. The van der Waals surface area contributed by atoms with Crippen molar-refractivity contribution in [2.45, 2.75) is 37.9 Å². The molecule has 7 nitrogen and oxygen atoms in total. The first-order valence-electron chi connectivity index (χ1n) is 7.42. The Balaban J connectivity index is 1.89. The fourth-order valence-corrected chi connectivity index (χ4v) is 2.77. The summed E-state index contributed by atoms with van der Waals surface area (Å²) in [5, 5.41) is 28.8. The van der Waals surface area contributed by atoms with Crippen LogP contribution in [0.4, 0.5) is 4.39 Å². The molecule has 3 rings (SSSR count). The Labute approximate surface area is 135 Å². The lowest BCUT2D eigenvalue weighted by Gasteiger charge is -2.36. The van der Waals surface area contributed by atoms with Crippen molar-refractivity contribution in [3.8, 4) is 5.75 Å². The number of hydrogen-bond acceptors (Lipinski definition) is 7. The number of halogens is 1. The van der Waals surface area contributed by atoms with Crippen molar-refractivity contribution in [2.75, 3.05) is 6.61 Å². The van der Waals surface area contributed by atoms with Gasteiger partial charge in [0, 0.05) is 24.6 Å². The maximum absolute atomic E-state index is 14.3. The molecular formula is C16H17FO7. The molecule has 1 fully saturated rings. The minimum absolute atomic E-state index is 0.0325. The van der Waals surface area contributed by atoms with E-state index in [9.17, 15) is 19.4 Å². The summed E-state index contributed by atoms with van der Waals surface area (Å²) in [6.07, 6.45) is -4.44. The Morgan fingerprint density at radius 1 is 1.33 bits per heavy atom. The van der Waals surface area contributed by atoms with Crippen molar-refractivity contribution in [3.63, 3.8) is 0 Å². The molecule has 1 aliphatic rings. The monoisotopic (exact) mass is 340 g/mol. The van der Waals surface area contributed by atoms with Gasteiger partial charge in [0.05, 0.1) is 18.1 Å². The fraction of sp³-hybridized carbons (Fsp3) is 0.438. The van der Waals surface area contributed by atoms with E-state index in [0.29, 0.717) is 5.56 Å². The van der Waals surface area contributed by atoms with Gasteiger partial charge in [-0.1, -0.05) is 0 Å². The van der Waals surface area contributed by atoms with Gasteiger partial charge in [-0.3, -0.25) is 0 Å². The Morgan fingerprint density at radius 3 is 2.79 bits per heavy atom. The van der Waals surface area contributed by atoms with Gasteiger partial charge in [0.1, 0.15) is 29.4 Å². The molecule has 2 heterocycles. The lowest BCUT2D eigenvalue weighted by molar-refractivity contribution is -0.229. The second kappa shape index (κ2) is 6.48. The summed E-state index contributed by atoms with van der Waals surface area (Å²) in [6, 6.07) is 3.66. The van der Waals surface area contributed by atoms with E-state index in [2.05, 4.69) is 0 Å². The van der Waals surface area contributed by atoms with Crippen LogP contribution in [0.1, 0.15) is 12.0 Å². The second-order valence-electron chi connectivity index (χ2n) is 5.72. The zero-order valence-corrected chi connectivity index (χ0v) is 12.8. The van der Waals surface area contributed by atoms with Gasteiger partial charge in [-0.25, -0.2) is 9.18 Å². The number of benzene rings is 1. The van der Waals surface area contributed by atoms with E-state index in [4.69, 9.17) is 19.0 Å². The number of hydrogen-bond donors (Lipinski definition) is 3. The molecule has 1 aromatic heterocycles. The molecule has 0 spiro atoms. The predicted molar refractivity (Wildman–Crippen MR) is 80.2 cm³/mol. The average Bonchev–Trinajstić information content (AvgIpc) is 2.49. The lowest BCUT2D eigenvalue weighted by Crippen LogP contribution is -2.51. The molecule has 1 aromatic carbocycles. The van der Waals surface area contributed by atoms with E-state index in [-0.39, 0.29) is 23.1 Å². The van der Waals surface area contributed by atoms with E-state index in [1.54, 1.807) is 6.92 Å². The molecule has 24 heavy (non-hydrogen) atoms. The molecule has 1 saturated heterocycles. The summed E-state index contributed by atoms with van der Waals surface area (Å²) in [5.74, 6) is -0.585. The van der Waals surface area contributed by atoms with Crippen LogP contribution in [0, 0.1) is 12.7 Å². The molecule has 0 bridgehead atoms. The first-order valence-corrected chi connectivity index (χ1v) is 7.42. The summed E-state index contributed by atoms with van der Waals surface area (Å²) >= 11 is 0. The first-order chi connectivity index (χ1) is 11.4. The maximum atomic E-state index is 14.3. The Bertz CT molecular complexity index is 803.